The second-order valence-corrected chi connectivity index (χ2v) is 8.59. The molecule has 0 bridgehead atoms. The molecule has 0 aromatic rings. The van der Waals surface area contributed by atoms with Crippen LogP contribution in [0.4, 0.5) is 0 Å². The molecule has 0 radical (unpaired) electrons. The van der Waals surface area contributed by atoms with Crippen molar-refractivity contribution in [3.63, 3.8) is 0 Å². The number of nitrogens with zero attached hydrogens (tertiary/aromatic N) is 2. The Morgan fingerprint density at radius 3 is 2.38 bits per heavy atom. The van der Waals surface area contributed by atoms with E-state index in [2.05, 4.69) is 36.0 Å². The molecule has 3 aliphatic rings. The maximum Gasteiger partial charge on any atom is 0.0309 e. The predicted octanol–water partition coefficient (Wildman–Crippen LogP) is 2.71. The molecule has 2 aliphatic heterocycles. The molecule has 1 N–H and O–H groups in total. The van der Waals surface area contributed by atoms with Gasteiger partial charge in [0, 0.05) is 31.2 Å². The summed E-state index contributed by atoms with van der Waals surface area (Å²) in [6, 6.07) is 0.703. The molecule has 1 aliphatic carbocycles. The fraction of sp³-hybridized carbons (Fsp3) is 1.00. The maximum absolute atomic E-state index is 3.92. The summed E-state index contributed by atoms with van der Waals surface area (Å²) in [5, 5.41) is 3.92. The Balaban J connectivity index is 1.62. The van der Waals surface area contributed by atoms with E-state index in [9.17, 15) is 0 Å². The van der Waals surface area contributed by atoms with Gasteiger partial charge in [0.1, 0.15) is 0 Å². The van der Waals surface area contributed by atoms with Gasteiger partial charge in [-0.15, -0.1) is 0 Å². The summed E-state index contributed by atoms with van der Waals surface area (Å²) in [6.07, 6.45) is 9.84. The van der Waals surface area contributed by atoms with Crippen molar-refractivity contribution in [1.29, 1.82) is 0 Å². The van der Waals surface area contributed by atoms with Crippen LogP contribution in [0.5, 0.6) is 0 Å². The highest BCUT2D eigenvalue weighted by atomic mass is 15.3. The Hall–Kier alpha value is -0.120. The minimum atomic E-state index is 0.451. The Labute approximate surface area is 131 Å². The number of nitrogens with one attached hydrogen (secondary N) is 1. The largest absolute Gasteiger partial charge is 0.308 e. The molecular formula is C18H35N3. The summed E-state index contributed by atoms with van der Waals surface area (Å²) in [6.45, 7) is 11.3. The normalized spacial score (nSPS) is 34.1. The smallest absolute Gasteiger partial charge is 0.0309 e. The topological polar surface area (TPSA) is 18.5 Å². The lowest BCUT2D eigenvalue weighted by atomic mass is 9.76. The second-order valence-electron chi connectivity index (χ2n) is 8.59. The van der Waals surface area contributed by atoms with Crippen LogP contribution in [-0.4, -0.2) is 61.2 Å². The van der Waals surface area contributed by atoms with Crippen molar-refractivity contribution in [2.24, 2.45) is 5.41 Å². The lowest BCUT2D eigenvalue weighted by molar-refractivity contribution is 0.0133. The summed E-state index contributed by atoms with van der Waals surface area (Å²) < 4.78 is 0. The third-order valence-electron chi connectivity index (χ3n) is 6.49. The van der Waals surface area contributed by atoms with Crippen LogP contribution < -0.4 is 5.32 Å². The highest BCUT2D eigenvalue weighted by Crippen LogP contribution is 2.36. The first kappa shape index (κ1) is 15.8. The van der Waals surface area contributed by atoms with E-state index >= 15 is 0 Å². The fourth-order valence-corrected chi connectivity index (χ4v) is 4.68. The first-order valence-electron chi connectivity index (χ1n) is 9.18. The molecule has 21 heavy (non-hydrogen) atoms. The summed E-state index contributed by atoms with van der Waals surface area (Å²) in [5.74, 6) is 0. The molecule has 0 aromatic carbocycles. The van der Waals surface area contributed by atoms with Gasteiger partial charge >= 0.3 is 0 Å². The van der Waals surface area contributed by atoms with Crippen LogP contribution in [0.2, 0.25) is 0 Å². The quantitative estimate of drug-likeness (QED) is 0.844. The van der Waals surface area contributed by atoms with Gasteiger partial charge in [-0.25, -0.2) is 0 Å². The number of piperidine rings is 1. The molecule has 1 unspecified atom stereocenters. The zero-order chi connectivity index (χ0) is 14.9. The van der Waals surface area contributed by atoms with Crippen LogP contribution in [0.3, 0.4) is 0 Å². The number of hydrogen-bond acceptors (Lipinski definition) is 3. The molecule has 1 atom stereocenters. The molecule has 0 amide bonds. The van der Waals surface area contributed by atoms with Crippen molar-refractivity contribution < 1.29 is 0 Å². The van der Waals surface area contributed by atoms with Gasteiger partial charge in [0.2, 0.25) is 0 Å². The van der Waals surface area contributed by atoms with Gasteiger partial charge in [0.25, 0.3) is 0 Å². The Kier molecular flexibility index (Phi) is 4.63. The predicted molar refractivity (Wildman–Crippen MR) is 89.7 cm³/mol. The van der Waals surface area contributed by atoms with Crippen LogP contribution in [0.15, 0.2) is 0 Å². The third-order valence-corrected chi connectivity index (χ3v) is 6.49. The molecule has 3 fully saturated rings. The Bertz CT molecular complexity index is 340. The van der Waals surface area contributed by atoms with Crippen LogP contribution in [0.1, 0.15) is 58.8 Å². The van der Waals surface area contributed by atoms with Crippen LogP contribution in [-0.2, 0) is 0 Å². The van der Waals surface area contributed by atoms with E-state index < -0.39 is 0 Å². The molecule has 3 rings (SSSR count). The number of hydrogen-bond donors (Lipinski definition) is 1. The summed E-state index contributed by atoms with van der Waals surface area (Å²) in [5.41, 5.74) is 0.987. The average molecular weight is 293 g/mol. The third kappa shape index (κ3) is 3.62. The molecule has 2 saturated heterocycles. The van der Waals surface area contributed by atoms with Crippen molar-refractivity contribution >= 4 is 0 Å². The average Bonchev–Trinajstić information content (AvgIpc) is 2.48. The number of rotatable bonds is 2. The lowest BCUT2D eigenvalue weighted by Gasteiger charge is -2.52. The van der Waals surface area contributed by atoms with E-state index in [0.29, 0.717) is 17.0 Å². The van der Waals surface area contributed by atoms with Gasteiger partial charge in [0.15, 0.2) is 0 Å². The number of piperazine rings is 1. The van der Waals surface area contributed by atoms with Crippen molar-refractivity contribution in [2.75, 3.05) is 39.8 Å². The molecule has 1 saturated carbocycles. The summed E-state index contributed by atoms with van der Waals surface area (Å²) in [4.78, 5) is 5.32. The van der Waals surface area contributed by atoms with Gasteiger partial charge in [-0.2, -0.15) is 0 Å². The molecule has 0 aromatic heterocycles. The Morgan fingerprint density at radius 2 is 1.71 bits per heavy atom. The fourth-order valence-electron chi connectivity index (χ4n) is 4.68. The second kappa shape index (κ2) is 6.17. The Morgan fingerprint density at radius 1 is 1.05 bits per heavy atom. The summed E-state index contributed by atoms with van der Waals surface area (Å²) in [7, 11) is 2.27. The zero-order valence-electron chi connectivity index (χ0n) is 14.5. The van der Waals surface area contributed by atoms with Crippen LogP contribution in [0, 0.1) is 5.41 Å². The molecule has 122 valence electrons. The van der Waals surface area contributed by atoms with E-state index in [1.54, 1.807) is 0 Å². The SMILES string of the molecule is CC1CNC2(CCCCC2)CN1CC1(C)CCN(C)CC1. The van der Waals surface area contributed by atoms with E-state index in [-0.39, 0.29) is 0 Å². The van der Waals surface area contributed by atoms with E-state index in [1.807, 2.05) is 0 Å². The van der Waals surface area contributed by atoms with Crippen molar-refractivity contribution in [3.8, 4) is 0 Å². The van der Waals surface area contributed by atoms with Crippen LogP contribution in [0.25, 0.3) is 0 Å². The molecule has 2 heterocycles. The molecule has 3 nitrogen and oxygen atoms in total. The minimum absolute atomic E-state index is 0.451. The molecule has 1 spiro atoms. The molecule has 3 heteroatoms. The van der Waals surface area contributed by atoms with Crippen molar-refractivity contribution in [1.82, 2.24) is 15.1 Å². The molecular weight excluding hydrogens is 258 g/mol. The zero-order valence-corrected chi connectivity index (χ0v) is 14.5. The first-order chi connectivity index (χ1) is 10.0. The standard InChI is InChI=1S/C18H35N3/c1-16-13-19-18(7-5-4-6-8-18)15-21(16)14-17(2)9-11-20(3)12-10-17/h16,19H,4-15H2,1-3H3. The highest BCUT2D eigenvalue weighted by molar-refractivity contribution is 5.00. The van der Waals surface area contributed by atoms with Gasteiger partial charge in [-0.3, -0.25) is 4.90 Å². The van der Waals surface area contributed by atoms with Crippen molar-refractivity contribution in [3.05, 3.63) is 0 Å². The monoisotopic (exact) mass is 293 g/mol. The summed E-state index contributed by atoms with van der Waals surface area (Å²) >= 11 is 0. The lowest BCUT2D eigenvalue weighted by Crippen LogP contribution is -2.65. The van der Waals surface area contributed by atoms with Gasteiger partial charge in [0.05, 0.1) is 0 Å². The minimum Gasteiger partial charge on any atom is -0.308 e. The van der Waals surface area contributed by atoms with E-state index in [1.165, 1.54) is 77.7 Å². The first-order valence-corrected chi connectivity index (χ1v) is 9.18. The highest BCUT2D eigenvalue weighted by Gasteiger charge is 2.41. The van der Waals surface area contributed by atoms with Gasteiger partial charge in [-0.1, -0.05) is 26.2 Å². The van der Waals surface area contributed by atoms with Crippen LogP contribution >= 0.6 is 0 Å². The van der Waals surface area contributed by atoms with E-state index in [4.69, 9.17) is 0 Å². The van der Waals surface area contributed by atoms with Crippen molar-refractivity contribution in [2.45, 2.75) is 70.4 Å². The van der Waals surface area contributed by atoms with Gasteiger partial charge < -0.3 is 10.2 Å². The maximum atomic E-state index is 3.92. The van der Waals surface area contributed by atoms with E-state index in [0.717, 1.165) is 0 Å². The number of likely N-dealkylation sites (tertiary alicyclic amines) is 1. The van der Waals surface area contributed by atoms with Gasteiger partial charge in [-0.05, 0) is 58.2 Å².